The van der Waals surface area contributed by atoms with Crippen molar-refractivity contribution in [1.82, 2.24) is 14.9 Å². The summed E-state index contributed by atoms with van der Waals surface area (Å²) in [6.07, 6.45) is 2.61. The average molecular weight is 303 g/mol. The Morgan fingerprint density at radius 1 is 1.43 bits per heavy atom. The summed E-state index contributed by atoms with van der Waals surface area (Å²) in [5.41, 5.74) is 1.64. The molecule has 1 fully saturated rings. The van der Waals surface area contributed by atoms with Gasteiger partial charge in [0.05, 0.1) is 11.6 Å². The summed E-state index contributed by atoms with van der Waals surface area (Å²) in [4.78, 5) is 22.6. The summed E-state index contributed by atoms with van der Waals surface area (Å²) in [6, 6.07) is 3.84. The smallest absolute Gasteiger partial charge is 0.273 e. The van der Waals surface area contributed by atoms with E-state index in [1.807, 2.05) is 31.4 Å². The first-order valence-electron chi connectivity index (χ1n) is 6.92. The van der Waals surface area contributed by atoms with Crippen molar-refractivity contribution in [1.29, 1.82) is 0 Å². The third kappa shape index (κ3) is 3.21. The molecule has 1 aliphatic heterocycles. The molecule has 110 valence electrons. The molecule has 0 unspecified atom stereocenters. The fourth-order valence-corrected chi connectivity index (χ4v) is 2.91. The summed E-state index contributed by atoms with van der Waals surface area (Å²) < 4.78 is 5.83. The number of likely N-dealkylation sites (tertiary alicyclic amines) is 1. The summed E-state index contributed by atoms with van der Waals surface area (Å²) in [5.74, 6) is 0.603. The monoisotopic (exact) mass is 303 g/mol. The summed E-state index contributed by atoms with van der Waals surface area (Å²) in [6.45, 7) is 5.18. The van der Waals surface area contributed by atoms with Crippen molar-refractivity contribution < 1.29 is 9.53 Å². The molecule has 0 radical (unpaired) electrons. The zero-order valence-corrected chi connectivity index (χ0v) is 12.9. The highest BCUT2D eigenvalue weighted by molar-refractivity contribution is 7.09. The Kier molecular flexibility index (Phi) is 3.88. The third-order valence-electron chi connectivity index (χ3n) is 3.44. The molecule has 1 amide bonds. The van der Waals surface area contributed by atoms with Gasteiger partial charge in [0.1, 0.15) is 11.8 Å². The summed E-state index contributed by atoms with van der Waals surface area (Å²) in [7, 11) is 0. The first-order chi connectivity index (χ1) is 10.1. The number of amides is 1. The number of hydrogen-bond donors (Lipinski definition) is 0. The molecule has 3 heterocycles. The van der Waals surface area contributed by atoms with Crippen LogP contribution in [0.3, 0.4) is 0 Å². The first kappa shape index (κ1) is 14.0. The zero-order valence-electron chi connectivity index (χ0n) is 12.1. The number of carbonyl (C=O) groups excluding carboxylic acids is 1. The van der Waals surface area contributed by atoms with Crippen LogP contribution < -0.4 is 4.74 Å². The van der Waals surface area contributed by atoms with Crippen LogP contribution in [0.1, 0.15) is 27.5 Å². The minimum Gasteiger partial charge on any atom is -0.472 e. The largest absolute Gasteiger partial charge is 0.472 e. The van der Waals surface area contributed by atoms with Crippen molar-refractivity contribution in [3.05, 3.63) is 40.0 Å². The highest BCUT2D eigenvalue weighted by Crippen LogP contribution is 2.19. The number of nitrogens with zero attached hydrogens (tertiary/aromatic N) is 3. The van der Waals surface area contributed by atoms with Crippen LogP contribution in [0.5, 0.6) is 5.88 Å². The van der Waals surface area contributed by atoms with Crippen molar-refractivity contribution in [2.75, 3.05) is 13.1 Å². The molecule has 0 aromatic carbocycles. The van der Waals surface area contributed by atoms with Crippen molar-refractivity contribution in [2.24, 2.45) is 0 Å². The van der Waals surface area contributed by atoms with E-state index in [0.717, 1.165) is 17.0 Å². The second-order valence-electron chi connectivity index (χ2n) is 5.21. The number of rotatable bonds is 3. The van der Waals surface area contributed by atoms with Crippen LogP contribution in [0.2, 0.25) is 0 Å². The predicted octanol–water partition coefficient (Wildman–Crippen LogP) is 2.45. The highest BCUT2D eigenvalue weighted by Gasteiger charge is 2.29. The Labute approximate surface area is 127 Å². The van der Waals surface area contributed by atoms with Gasteiger partial charge in [-0.05, 0) is 19.4 Å². The molecule has 3 rings (SSSR count). The van der Waals surface area contributed by atoms with Gasteiger partial charge in [0.25, 0.3) is 5.91 Å². The topological polar surface area (TPSA) is 55.3 Å². The van der Waals surface area contributed by atoms with Crippen LogP contribution in [0.4, 0.5) is 0 Å². The lowest BCUT2D eigenvalue weighted by molar-refractivity contribution is 0.0766. The zero-order chi connectivity index (χ0) is 14.8. The van der Waals surface area contributed by atoms with Crippen molar-refractivity contribution in [3.8, 4) is 5.88 Å². The third-order valence-corrected chi connectivity index (χ3v) is 4.22. The number of aryl methyl sites for hydroxylation is 2. The molecular formula is C15H17N3O2S. The maximum atomic E-state index is 12.3. The molecule has 6 heteroatoms. The SMILES string of the molecule is Cc1ccc(O[C@H]2CCN(C(=O)c3csc(C)n3)C2)nc1. The van der Waals surface area contributed by atoms with E-state index in [9.17, 15) is 4.79 Å². The highest BCUT2D eigenvalue weighted by atomic mass is 32.1. The maximum absolute atomic E-state index is 12.3. The first-order valence-corrected chi connectivity index (χ1v) is 7.80. The molecule has 1 aliphatic rings. The molecule has 0 bridgehead atoms. The van der Waals surface area contributed by atoms with E-state index in [-0.39, 0.29) is 12.0 Å². The lowest BCUT2D eigenvalue weighted by Gasteiger charge is -2.15. The number of ether oxygens (including phenoxy) is 1. The number of thiazole rings is 1. The minimum atomic E-state index is -0.0117. The van der Waals surface area contributed by atoms with Crippen LogP contribution in [-0.4, -0.2) is 40.0 Å². The van der Waals surface area contributed by atoms with Crippen molar-refractivity contribution in [2.45, 2.75) is 26.4 Å². The number of carbonyl (C=O) groups is 1. The van der Waals surface area contributed by atoms with Gasteiger partial charge < -0.3 is 9.64 Å². The second-order valence-corrected chi connectivity index (χ2v) is 6.27. The molecule has 0 N–H and O–H groups in total. The Morgan fingerprint density at radius 2 is 2.29 bits per heavy atom. The predicted molar refractivity (Wildman–Crippen MR) is 80.8 cm³/mol. The standard InChI is InChI=1S/C15H17N3O2S/c1-10-3-4-14(16-7-10)20-12-5-6-18(8-12)15(19)13-9-21-11(2)17-13/h3-4,7,9,12H,5-6,8H2,1-2H3/t12-/m0/s1. The van der Waals surface area contributed by atoms with Gasteiger partial charge in [-0.3, -0.25) is 4.79 Å². The van der Waals surface area contributed by atoms with E-state index in [2.05, 4.69) is 9.97 Å². The minimum absolute atomic E-state index is 0.00360. The fourth-order valence-electron chi connectivity index (χ4n) is 2.33. The van der Waals surface area contributed by atoms with E-state index < -0.39 is 0 Å². The lowest BCUT2D eigenvalue weighted by atomic mass is 10.3. The van der Waals surface area contributed by atoms with Crippen LogP contribution in [0.25, 0.3) is 0 Å². The van der Waals surface area contributed by atoms with Crippen molar-refractivity contribution >= 4 is 17.2 Å². The summed E-state index contributed by atoms with van der Waals surface area (Å²) in [5, 5.41) is 2.72. The van der Waals surface area contributed by atoms with Crippen LogP contribution in [0, 0.1) is 13.8 Å². The van der Waals surface area contributed by atoms with Crippen LogP contribution in [-0.2, 0) is 0 Å². The van der Waals surface area contributed by atoms with Gasteiger partial charge in [-0.15, -0.1) is 11.3 Å². The Hall–Kier alpha value is -1.95. The number of aromatic nitrogens is 2. The average Bonchev–Trinajstić information content (AvgIpc) is 3.10. The Balaban J connectivity index is 1.60. The van der Waals surface area contributed by atoms with E-state index in [0.29, 0.717) is 24.7 Å². The second kappa shape index (κ2) is 5.81. The van der Waals surface area contributed by atoms with Gasteiger partial charge >= 0.3 is 0 Å². The van der Waals surface area contributed by atoms with Gasteiger partial charge in [0.2, 0.25) is 5.88 Å². The Morgan fingerprint density at radius 3 is 2.95 bits per heavy atom. The Bertz CT molecular complexity index is 639. The normalized spacial score (nSPS) is 18.0. The van der Waals surface area contributed by atoms with Crippen molar-refractivity contribution in [3.63, 3.8) is 0 Å². The maximum Gasteiger partial charge on any atom is 0.273 e. The molecule has 5 nitrogen and oxygen atoms in total. The van der Waals surface area contributed by atoms with E-state index in [1.165, 1.54) is 11.3 Å². The van der Waals surface area contributed by atoms with Gasteiger partial charge in [-0.2, -0.15) is 0 Å². The van der Waals surface area contributed by atoms with Gasteiger partial charge in [0, 0.05) is 30.6 Å². The van der Waals surface area contributed by atoms with Gasteiger partial charge in [-0.25, -0.2) is 9.97 Å². The molecule has 2 aromatic rings. The molecular weight excluding hydrogens is 286 g/mol. The fraction of sp³-hybridized carbons (Fsp3) is 0.400. The van der Waals surface area contributed by atoms with Crippen LogP contribution >= 0.6 is 11.3 Å². The van der Waals surface area contributed by atoms with Gasteiger partial charge in [0.15, 0.2) is 0 Å². The molecule has 0 aliphatic carbocycles. The summed E-state index contributed by atoms with van der Waals surface area (Å²) >= 11 is 1.50. The molecule has 1 atom stereocenters. The molecule has 21 heavy (non-hydrogen) atoms. The van der Waals surface area contributed by atoms with E-state index in [1.54, 1.807) is 11.1 Å². The quantitative estimate of drug-likeness (QED) is 0.874. The van der Waals surface area contributed by atoms with E-state index in [4.69, 9.17) is 4.74 Å². The lowest BCUT2D eigenvalue weighted by Crippen LogP contribution is -2.31. The van der Waals surface area contributed by atoms with E-state index >= 15 is 0 Å². The van der Waals surface area contributed by atoms with Gasteiger partial charge in [-0.1, -0.05) is 6.07 Å². The molecule has 2 aromatic heterocycles. The molecule has 0 saturated carbocycles. The number of pyridine rings is 1. The molecule has 1 saturated heterocycles. The number of hydrogen-bond acceptors (Lipinski definition) is 5. The molecule has 0 spiro atoms. The van der Waals surface area contributed by atoms with Crippen LogP contribution in [0.15, 0.2) is 23.7 Å².